The third-order valence-corrected chi connectivity index (χ3v) is 6.58. The fraction of sp³-hybridized carbons (Fsp3) is 0.150. The molecule has 0 aliphatic rings. The molecule has 176 valence electrons. The van der Waals surface area contributed by atoms with E-state index in [0.29, 0.717) is 26.4 Å². The van der Waals surface area contributed by atoms with Gasteiger partial charge >= 0.3 is 6.18 Å². The van der Waals surface area contributed by atoms with Crippen LogP contribution in [0.1, 0.15) is 16.0 Å². The molecule has 34 heavy (non-hydrogen) atoms. The fourth-order valence-electron chi connectivity index (χ4n) is 2.82. The molecule has 0 bridgehead atoms. The Kier molecular flexibility index (Phi) is 7.14. The van der Waals surface area contributed by atoms with E-state index in [-0.39, 0.29) is 23.1 Å². The fourth-order valence-corrected chi connectivity index (χ4v) is 4.55. The van der Waals surface area contributed by atoms with E-state index in [2.05, 4.69) is 25.8 Å². The molecule has 0 atom stereocenters. The predicted octanol–water partition coefficient (Wildman–Crippen LogP) is 5.25. The normalized spacial score (nSPS) is 11.6. The minimum Gasteiger partial charge on any atom is -0.301 e. The van der Waals surface area contributed by atoms with Crippen molar-refractivity contribution in [1.29, 1.82) is 0 Å². The van der Waals surface area contributed by atoms with Crippen molar-refractivity contribution in [3.05, 3.63) is 75.5 Å². The molecule has 7 nitrogen and oxygen atoms in total. The summed E-state index contributed by atoms with van der Waals surface area (Å²) >= 11 is 8.25. The Balaban J connectivity index is 1.36. The first-order valence-electron chi connectivity index (χ1n) is 9.46. The van der Waals surface area contributed by atoms with E-state index in [1.165, 1.54) is 41.2 Å². The van der Waals surface area contributed by atoms with Crippen molar-refractivity contribution in [2.45, 2.75) is 17.8 Å². The van der Waals surface area contributed by atoms with E-state index >= 15 is 0 Å². The van der Waals surface area contributed by atoms with Crippen LogP contribution in [0.25, 0.3) is 5.69 Å². The number of carbonyl (C=O) groups excluding carboxylic acids is 1. The molecular weight excluding hydrogens is 516 g/mol. The average molecular weight is 529 g/mol. The highest BCUT2D eigenvalue weighted by Crippen LogP contribution is 2.33. The summed E-state index contributed by atoms with van der Waals surface area (Å²) in [5, 5.41) is 14.8. The zero-order valence-corrected chi connectivity index (χ0v) is 19.3. The number of anilines is 1. The number of halogens is 5. The Bertz CT molecular complexity index is 1310. The van der Waals surface area contributed by atoms with Gasteiger partial charge in [-0.25, -0.2) is 9.37 Å². The Morgan fingerprint density at radius 3 is 2.68 bits per heavy atom. The van der Waals surface area contributed by atoms with Gasteiger partial charge in [-0.1, -0.05) is 23.4 Å². The van der Waals surface area contributed by atoms with Crippen LogP contribution in [0.4, 0.5) is 22.7 Å². The smallest absolute Gasteiger partial charge is 0.301 e. The Hall–Kier alpha value is -3.03. The second kappa shape index (κ2) is 10.1. The lowest BCUT2D eigenvalue weighted by atomic mass is 10.1. The lowest BCUT2D eigenvalue weighted by molar-refractivity contribution is -0.137. The Morgan fingerprint density at radius 2 is 1.94 bits per heavy atom. The van der Waals surface area contributed by atoms with E-state index in [1.54, 1.807) is 0 Å². The number of nitrogens with zero attached hydrogens (tertiary/aromatic N) is 5. The number of aromatic nitrogens is 5. The molecule has 0 spiro atoms. The first kappa shape index (κ1) is 24.1. The topological polar surface area (TPSA) is 85.6 Å². The lowest BCUT2D eigenvalue weighted by Crippen LogP contribution is -2.14. The van der Waals surface area contributed by atoms with Gasteiger partial charge < -0.3 is 5.32 Å². The van der Waals surface area contributed by atoms with E-state index in [1.807, 2.05) is 0 Å². The van der Waals surface area contributed by atoms with Crippen molar-refractivity contribution in [3.8, 4) is 5.69 Å². The molecule has 14 heteroatoms. The largest absolute Gasteiger partial charge is 0.416 e. The van der Waals surface area contributed by atoms with Gasteiger partial charge in [0.2, 0.25) is 11.1 Å². The van der Waals surface area contributed by atoms with E-state index in [4.69, 9.17) is 11.6 Å². The van der Waals surface area contributed by atoms with Crippen LogP contribution in [-0.4, -0.2) is 36.9 Å². The molecule has 1 N–H and O–H groups in total. The molecule has 2 aromatic heterocycles. The average Bonchev–Trinajstić information content (AvgIpc) is 3.43. The predicted molar refractivity (Wildman–Crippen MR) is 120 cm³/mol. The van der Waals surface area contributed by atoms with Crippen molar-refractivity contribution in [3.63, 3.8) is 0 Å². The number of hydrogen-bond donors (Lipinski definition) is 1. The van der Waals surface area contributed by atoms with Crippen molar-refractivity contribution < 1.29 is 22.4 Å². The highest BCUT2D eigenvalue weighted by atomic mass is 35.5. The van der Waals surface area contributed by atoms with Crippen molar-refractivity contribution in [1.82, 2.24) is 25.2 Å². The molecule has 0 saturated carbocycles. The number of tetrazole rings is 1. The SMILES string of the molecule is O=C(CSc1nnnn1-c1ccc(F)cc1)Nc1ncc(Cc2cc(C(F)(F)F)ccc2Cl)s1. The number of amides is 1. The van der Waals surface area contributed by atoms with Crippen LogP contribution >= 0.6 is 34.7 Å². The number of carbonyl (C=O) groups is 1. The van der Waals surface area contributed by atoms with Gasteiger partial charge in [0.05, 0.1) is 17.0 Å². The summed E-state index contributed by atoms with van der Waals surface area (Å²) < 4.78 is 53.4. The molecule has 0 aliphatic carbocycles. The lowest BCUT2D eigenvalue weighted by Gasteiger charge is -2.09. The molecule has 0 radical (unpaired) electrons. The van der Waals surface area contributed by atoms with Crippen LogP contribution in [0.15, 0.2) is 53.8 Å². The summed E-state index contributed by atoms with van der Waals surface area (Å²) in [5.74, 6) is -0.809. The van der Waals surface area contributed by atoms with Crippen LogP contribution in [0.2, 0.25) is 5.02 Å². The van der Waals surface area contributed by atoms with Crippen LogP contribution in [0.5, 0.6) is 0 Å². The molecule has 0 saturated heterocycles. The third-order valence-electron chi connectivity index (χ3n) is 4.38. The summed E-state index contributed by atoms with van der Waals surface area (Å²) in [4.78, 5) is 17.1. The molecule has 1 amide bonds. The molecule has 2 heterocycles. The van der Waals surface area contributed by atoms with Crippen LogP contribution in [0.3, 0.4) is 0 Å². The quantitative estimate of drug-likeness (QED) is 0.260. The second-order valence-electron chi connectivity index (χ2n) is 6.80. The van der Waals surface area contributed by atoms with Gasteiger partial charge in [0.1, 0.15) is 5.82 Å². The number of thioether (sulfide) groups is 1. The van der Waals surface area contributed by atoms with E-state index in [9.17, 15) is 22.4 Å². The molecule has 4 aromatic rings. The maximum atomic E-state index is 13.1. The molecule has 4 rings (SSSR count). The first-order valence-corrected chi connectivity index (χ1v) is 11.6. The first-order chi connectivity index (χ1) is 16.2. The Morgan fingerprint density at radius 1 is 1.18 bits per heavy atom. The van der Waals surface area contributed by atoms with Gasteiger partial charge in [-0.15, -0.1) is 16.4 Å². The second-order valence-corrected chi connectivity index (χ2v) is 9.26. The van der Waals surface area contributed by atoms with Gasteiger partial charge in [-0.05, 0) is 58.5 Å². The Labute approximate surface area is 203 Å². The number of benzene rings is 2. The van der Waals surface area contributed by atoms with Crippen molar-refractivity contribution in [2.24, 2.45) is 0 Å². The van der Waals surface area contributed by atoms with Crippen LogP contribution < -0.4 is 5.32 Å². The summed E-state index contributed by atoms with van der Waals surface area (Å²) in [6.45, 7) is 0. The number of thiazole rings is 1. The molecule has 0 unspecified atom stereocenters. The summed E-state index contributed by atoms with van der Waals surface area (Å²) in [6, 6.07) is 8.68. The number of nitrogens with one attached hydrogen (secondary N) is 1. The zero-order valence-electron chi connectivity index (χ0n) is 16.9. The van der Waals surface area contributed by atoms with E-state index in [0.717, 1.165) is 35.2 Å². The van der Waals surface area contributed by atoms with E-state index < -0.39 is 17.6 Å². The highest BCUT2D eigenvalue weighted by Gasteiger charge is 2.31. The van der Waals surface area contributed by atoms with Crippen LogP contribution in [0, 0.1) is 5.82 Å². The van der Waals surface area contributed by atoms with Gasteiger partial charge in [0.15, 0.2) is 5.13 Å². The molecular formula is C20H13ClF4N6OS2. The summed E-state index contributed by atoms with van der Waals surface area (Å²) in [5.41, 5.74) is 0.0540. The minimum atomic E-state index is -4.47. The molecule has 0 aliphatic heterocycles. The van der Waals surface area contributed by atoms with Crippen molar-refractivity contribution in [2.75, 3.05) is 11.1 Å². The summed E-state index contributed by atoms with van der Waals surface area (Å²) in [7, 11) is 0. The number of alkyl halides is 3. The third kappa shape index (κ3) is 5.90. The maximum absolute atomic E-state index is 13.1. The maximum Gasteiger partial charge on any atom is 0.416 e. The standard InChI is InChI=1S/C20H13ClF4N6OS2/c21-16-6-1-12(20(23,24)25)7-11(16)8-15-9-26-18(34-15)27-17(32)10-33-19-28-29-30-31(19)14-4-2-13(22)3-5-14/h1-7,9H,8,10H2,(H,26,27,32). The number of hydrogen-bond acceptors (Lipinski definition) is 7. The highest BCUT2D eigenvalue weighted by molar-refractivity contribution is 7.99. The minimum absolute atomic E-state index is 0.0318. The molecule has 2 aromatic carbocycles. The molecule has 0 fully saturated rings. The monoisotopic (exact) mass is 528 g/mol. The van der Waals surface area contributed by atoms with Crippen LogP contribution in [-0.2, 0) is 17.4 Å². The van der Waals surface area contributed by atoms with Gasteiger partial charge in [-0.3, -0.25) is 4.79 Å². The van der Waals surface area contributed by atoms with Crippen molar-refractivity contribution >= 4 is 45.7 Å². The van der Waals surface area contributed by atoms with Gasteiger partial charge in [0, 0.05) is 22.5 Å². The number of rotatable bonds is 7. The van der Waals surface area contributed by atoms with Gasteiger partial charge in [-0.2, -0.15) is 17.9 Å². The van der Waals surface area contributed by atoms with Gasteiger partial charge in [0.25, 0.3) is 0 Å². The zero-order chi connectivity index (χ0) is 24.3. The summed E-state index contributed by atoms with van der Waals surface area (Å²) in [6.07, 6.45) is -2.86.